The molecule has 36 valence electrons. The minimum absolute atomic E-state index is 0.387. The lowest BCUT2D eigenvalue weighted by Crippen LogP contribution is -2.14. The highest BCUT2D eigenvalue weighted by molar-refractivity contribution is 8.74. The molecule has 0 spiro atoms. The highest BCUT2D eigenvalue weighted by atomic mass is 33.1. The van der Waals surface area contributed by atoms with E-state index in [1.807, 2.05) is 0 Å². The molecule has 4 heteroatoms. The fourth-order valence-electron chi connectivity index (χ4n) is 0.219. The Hall–Kier alpha value is 0.300. The van der Waals surface area contributed by atoms with Crippen molar-refractivity contribution >= 4 is 19.7 Å². The van der Waals surface area contributed by atoms with E-state index in [1.165, 1.54) is 0 Å². The van der Waals surface area contributed by atoms with Gasteiger partial charge in [0.2, 0.25) is 8.87 Å². The number of hydrogen-bond acceptors (Lipinski definition) is 3. The van der Waals surface area contributed by atoms with Crippen LogP contribution in [0.5, 0.6) is 0 Å². The van der Waals surface area contributed by atoms with Gasteiger partial charge < -0.3 is 0 Å². The molecule has 0 amide bonds. The summed E-state index contributed by atoms with van der Waals surface area (Å²) in [5.41, 5.74) is 0. The maximum absolute atomic E-state index is 10.0. The summed E-state index contributed by atoms with van der Waals surface area (Å²) in [6.45, 7) is 0. The molecule has 0 aromatic heterocycles. The van der Waals surface area contributed by atoms with Crippen molar-refractivity contribution in [2.24, 2.45) is 0 Å². The van der Waals surface area contributed by atoms with Gasteiger partial charge in [0.15, 0.2) is 0 Å². The summed E-state index contributed by atoms with van der Waals surface area (Å²) in [5, 5.41) is 0. The lowest BCUT2D eigenvalue weighted by molar-refractivity contribution is 0.609. The lowest BCUT2D eigenvalue weighted by atomic mass is 11.0. The molecule has 0 saturated carbocycles. The molecule has 0 unspecified atom stereocenters. The summed E-state index contributed by atoms with van der Waals surface area (Å²) in [4.78, 5) is 0. The Morgan fingerprint density at radius 2 is 1.83 bits per heavy atom. The Morgan fingerprint density at radius 1 is 1.50 bits per heavy atom. The van der Waals surface area contributed by atoms with Crippen molar-refractivity contribution in [1.82, 2.24) is 0 Å². The molecule has 0 atom stereocenters. The van der Waals surface area contributed by atoms with Crippen molar-refractivity contribution in [1.29, 1.82) is 0 Å². The third-order valence-electron chi connectivity index (χ3n) is 0.596. The zero-order chi connectivity index (χ0) is 4.62. The molecular weight excluding hydrogens is 120 g/mol. The van der Waals surface area contributed by atoms with Gasteiger partial charge in [-0.05, 0) is 10.8 Å². The minimum Gasteiger partial charge on any atom is -0.217 e. The SMILES string of the molecule is O=S1(=O)CCS1. The highest BCUT2D eigenvalue weighted by Crippen LogP contribution is 2.23. The van der Waals surface area contributed by atoms with Crippen LogP contribution in [0.4, 0.5) is 0 Å². The average molecular weight is 124 g/mol. The second kappa shape index (κ2) is 1.13. The first-order valence-corrected chi connectivity index (χ1v) is 4.73. The van der Waals surface area contributed by atoms with Crippen molar-refractivity contribution in [2.75, 3.05) is 11.5 Å². The molecule has 1 aliphatic rings. The molecule has 1 saturated heterocycles. The smallest absolute Gasteiger partial charge is 0.202 e. The van der Waals surface area contributed by atoms with Gasteiger partial charge in [-0.25, -0.2) is 8.42 Å². The first-order chi connectivity index (χ1) is 2.71. The van der Waals surface area contributed by atoms with Crippen LogP contribution in [-0.2, 0) is 8.87 Å². The van der Waals surface area contributed by atoms with Crippen molar-refractivity contribution < 1.29 is 8.42 Å². The fraction of sp³-hybridized carbons (Fsp3) is 1.00. The van der Waals surface area contributed by atoms with Gasteiger partial charge in [0.05, 0.1) is 5.75 Å². The Kier molecular flexibility index (Phi) is 0.842. The van der Waals surface area contributed by atoms with Gasteiger partial charge >= 0.3 is 0 Å². The van der Waals surface area contributed by atoms with E-state index < -0.39 is 8.87 Å². The van der Waals surface area contributed by atoms with Crippen LogP contribution in [0, 0.1) is 0 Å². The summed E-state index contributed by atoms with van der Waals surface area (Å²) in [5.74, 6) is 1.18. The number of rotatable bonds is 0. The maximum Gasteiger partial charge on any atom is 0.202 e. The molecule has 6 heavy (non-hydrogen) atoms. The molecule has 0 N–H and O–H groups in total. The van der Waals surface area contributed by atoms with Crippen LogP contribution in [0.15, 0.2) is 0 Å². The van der Waals surface area contributed by atoms with Crippen molar-refractivity contribution in [2.45, 2.75) is 0 Å². The van der Waals surface area contributed by atoms with Crippen LogP contribution >= 0.6 is 10.8 Å². The van der Waals surface area contributed by atoms with Crippen LogP contribution in [0.3, 0.4) is 0 Å². The molecule has 1 heterocycles. The van der Waals surface area contributed by atoms with Crippen molar-refractivity contribution in [3.05, 3.63) is 0 Å². The highest BCUT2D eigenvalue weighted by Gasteiger charge is 2.20. The fourth-order valence-corrected chi connectivity index (χ4v) is 1.97. The van der Waals surface area contributed by atoms with Crippen LogP contribution in [0.1, 0.15) is 0 Å². The van der Waals surface area contributed by atoms with Crippen molar-refractivity contribution in [3.63, 3.8) is 0 Å². The molecule has 0 bridgehead atoms. The Morgan fingerprint density at radius 3 is 1.83 bits per heavy atom. The van der Waals surface area contributed by atoms with Gasteiger partial charge in [-0.3, -0.25) is 0 Å². The Balaban J connectivity index is 2.78. The van der Waals surface area contributed by atoms with E-state index in [1.54, 1.807) is 0 Å². The predicted molar refractivity (Wildman–Crippen MR) is 26.2 cm³/mol. The van der Waals surface area contributed by atoms with E-state index in [9.17, 15) is 8.42 Å². The van der Waals surface area contributed by atoms with Gasteiger partial charge in [-0.2, -0.15) is 0 Å². The predicted octanol–water partition coefficient (Wildman–Crippen LogP) is 0.0630. The molecule has 0 aromatic carbocycles. The molecule has 2 nitrogen and oxygen atoms in total. The van der Waals surface area contributed by atoms with E-state index in [2.05, 4.69) is 0 Å². The topological polar surface area (TPSA) is 34.1 Å². The summed E-state index contributed by atoms with van der Waals surface area (Å²) < 4.78 is 20.1. The second-order valence-electron chi connectivity index (χ2n) is 1.08. The van der Waals surface area contributed by atoms with E-state index in [4.69, 9.17) is 0 Å². The lowest BCUT2D eigenvalue weighted by Gasteiger charge is -2.08. The molecule has 1 fully saturated rings. The Bertz CT molecular complexity index is 124. The number of hydrogen-bond donors (Lipinski definition) is 0. The molecule has 0 aromatic rings. The molecule has 0 radical (unpaired) electrons. The van der Waals surface area contributed by atoms with Crippen molar-refractivity contribution in [3.8, 4) is 0 Å². The quantitative estimate of drug-likeness (QED) is 0.428. The first-order valence-electron chi connectivity index (χ1n) is 1.58. The molecule has 1 rings (SSSR count). The van der Waals surface area contributed by atoms with E-state index in [0.29, 0.717) is 5.75 Å². The van der Waals surface area contributed by atoms with E-state index in [0.717, 1.165) is 16.5 Å². The first kappa shape index (κ1) is 4.46. The maximum atomic E-state index is 10.0. The molecule has 1 aliphatic heterocycles. The van der Waals surface area contributed by atoms with Crippen LogP contribution in [0.25, 0.3) is 0 Å². The standard InChI is InChI=1S/C2H4O2S2/c3-6(4)2-1-5-6/h1-2H2. The van der Waals surface area contributed by atoms with Gasteiger partial charge in [-0.15, -0.1) is 0 Å². The van der Waals surface area contributed by atoms with Gasteiger partial charge in [-0.1, -0.05) is 0 Å². The van der Waals surface area contributed by atoms with E-state index >= 15 is 0 Å². The van der Waals surface area contributed by atoms with Crippen LogP contribution in [-0.4, -0.2) is 19.9 Å². The molecule has 0 aliphatic carbocycles. The summed E-state index contributed by atoms with van der Waals surface area (Å²) in [6, 6.07) is 0. The van der Waals surface area contributed by atoms with Gasteiger partial charge in [0, 0.05) is 5.75 Å². The average Bonchev–Trinajstić information content (AvgIpc) is 1.32. The summed E-state index contributed by atoms with van der Waals surface area (Å²) in [6.07, 6.45) is 0. The monoisotopic (exact) mass is 124 g/mol. The third-order valence-corrected chi connectivity index (χ3v) is 4.37. The Labute approximate surface area is 40.2 Å². The minimum atomic E-state index is -2.56. The van der Waals surface area contributed by atoms with Crippen LogP contribution < -0.4 is 0 Å². The van der Waals surface area contributed by atoms with Gasteiger partial charge in [0.25, 0.3) is 0 Å². The largest absolute Gasteiger partial charge is 0.217 e. The molecular formula is C2H4O2S2. The summed E-state index contributed by atoms with van der Waals surface area (Å²) in [7, 11) is -1.53. The zero-order valence-corrected chi connectivity index (χ0v) is 4.68. The summed E-state index contributed by atoms with van der Waals surface area (Å²) >= 11 is 0. The zero-order valence-electron chi connectivity index (χ0n) is 3.05. The second-order valence-corrected chi connectivity index (χ2v) is 5.48. The van der Waals surface area contributed by atoms with Gasteiger partial charge in [0.1, 0.15) is 0 Å². The normalized spacial score (nSPS) is 28.7. The van der Waals surface area contributed by atoms with Crippen LogP contribution in [0.2, 0.25) is 0 Å². The third kappa shape index (κ3) is 0.680. The van der Waals surface area contributed by atoms with E-state index in [-0.39, 0.29) is 0 Å².